The largest absolute Gasteiger partial charge is 0.478 e. The maximum absolute atomic E-state index is 11.7. The van der Waals surface area contributed by atoms with Crippen LogP contribution in [0.15, 0.2) is 12.3 Å². The molecule has 0 aliphatic rings. The third-order valence-corrected chi connectivity index (χ3v) is 3.72. The van der Waals surface area contributed by atoms with E-state index in [4.69, 9.17) is 5.11 Å². The van der Waals surface area contributed by atoms with Gasteiger partial charge in [0, 0.05) is 28.8 Å². The second-order valence-electron chi connectivity index (χ2n) is 3.58. The van der Waals surface area contributed by atoms with E-state index in [1.54, 1.807) is 11.8 Å². The van der Waals surface area contributed by atoms with Gasteiger partial charge >= 0.3 is 5.97 Å². The minimum atomic E-state index is -1.01. The van der Waals surface area contributed by atoms with Crippen LogP contribution in [0, 0.1) is 5.92 Å². The summed E-state index contributed by atoms with van der Waals surface area (Å²) in [5, 5.41) is 11.7. The first kappa shape index (κ1) is 14.7. The zero-order chi connectivity index (χ0) is 13.5. The van der Waals surface area contributed by atoms with Crippen molar-refractivity contribution in [3.8, 4) is 0 Å². The number of nitrogens with one attached hydrogen (secondary N) is 1. The van der Waals surface area contributed by atoms with Gasteiger partial charge in [-0.3, -0.25) is 4.79 Å². The van der Waals surface area contributed by atoms with E-state index in [-0.39, 0.29) is 11.8 Å². The maximum atomic E-state index is 11.7. The van der Waals surface area contributed by atoms with Crippen molar-refractivity contribution >= 4 is 46.2 Å². The van der Waals surface area contributed by atoms with Gasteiger partial charge in [0.05, 0.1) is 0 Å². The molecule has 1 amide bonds. The highest BCUT2D eigenvalue weighted by molar-refractivity contribution is 7.98. The van der Waals surface area contributed by atoms with Gasteiger partial charge in [-0.25, -0.2) is 9.78 Å². The second kappa shape index (κ2) is 7.17. The number of hydrogen-bond acceptors (Lipinski definition) is 5. The Morgan fingerprint density at radius 3 is 3.00 bits per heavy atom. The Morgan fingerprint density at radius 2 is 2.39 bits per heavy atom. The van der Waals surface area contributed by atoms with Crippen LogP contribution in [-0.2, 0) is 9.59 Å². The molecule has 2 N–H and O–H groups in total. The van der Waals surface area contributed by atoms with Crippen LogP contribution >= 0.6 is 23.1 Å². The van der Waals surface area contributed by atoms with Gasteiger partial charge in [0.1, 0.15) is 0 Å². The molecule has 98 valence electrons. The Balaban J connectivity index is 2.58. The number of nitrogens with zero attached hydrogens (tertiary/aromatic N) is 1. The lowest BCUT2D eigenvalue weighted by atomic mass is 10.2. The molecule has 0 saturated heterocycles. The second-order valence-corrected chi connectivity index (χ2v) is 5.56. The van der Waals surface area contributed by atoms with Crippen LogP contribution in [0.2, 0.25) is 0 Å². The Kier molecular flexibility index (Phi) is 5.87. The van der Waals surface area contributed by atoms with Crippen molar-refractivity contribution in [3.63, 3.8) is 0 Å². The molecule has 0 aliphatic heterocycles. The summed E-state index contributed by atoms with van der Waals surface area (Å²) in [4.78, 5) is 26.7. The molecule has 1 atom stereocenters. The van der Waals surface area contributed by atoms with Crippen LogP contribution in [-0.4, -0.2) is 34.0 Å². The molecule has 5 nitrogen and oxygen atoms in total. The molecule has 1 aromatic rings. The van der Waals surface area contributed by atoms with Gasteiger partial charge in [-0.2, -0.15) is 11.8 Å². The lowest BCUT2D eigenvalue weighted by molar-refractivity contribution is -0.131. The van der Waals surface area contributed by atoms with E-state index in [1.165, 1.54) is 23.6 Å². The molecule has 0 aliphatic carbocycles. The first-order chi connectivity index (χ1) is 8.52. The van der Waals surface area contributed by atoms with E-state index in [0.29, 0.717) is 10.0 Å². The summed E-state index contributed by atoms with van der Waals surface area (Å²) in [5.41, 5.74) is 0. The highest BCUT2D eigenvalue weighted by atomic mass is 32.2. The molecule has 0 fully saturated rings. The number of aromatic nitrogens is 1. The fourth-order valence-electron chi connectivity index (χ4n) is 1.13. The van der Waals surface area contributed by atoms with Crippen LogP contribution in [0.1, 0.15) is 11.8 Å². The lowest BCUT2D eigenvalue weighted by Gasteiger charge is -2.07. The number of thioether (sulfide) groups is 1. The fourth-order valence-corrected chi connectivity index (χ4v) is 2.50. The molecular formula is C11H14N2O3S2. The minimum absolute atomic E-state index is 0.0764. The molecule has 1 aromatic heterocycles. The SMILES string of the molecule is CSCC(C)C(=O)Nc1ncc(/C=C/C(=O)O)s1. The molecular weight excluding hydrogens is 272 g/mol. The summed E-state index contributed by atoms with van der Waals surface area (Å²) in [6.45, 7) is 1.85. The Morgan fingerprint density at radius 1 is 1.67 bits per heavy atom. The normalized spacial score (nSPS) is 12.6. The van der Waals surface area contributed by atoms with Crippen molar-refractivity contribution in [2.24, 2.45) is 5.92 Å². The van der Waals surface area contributed by atoms with E-state index in [1.807, 2.05) is 13.2 Å². The van der Waals surface area contributed by atoms with Gasteiger partial charge in [-0.1, -0.05) is 18.3 Å². The van der Waals surface area contributed by atoms with Crippen LogP contribution < -0.4 is 5.32 Å². The molecule has 0 spiro atoms. The summed E-state index contributed by atoms with van der Waals surface area (Å²) in [7, 11) is 0. The quantitative estimate of drug-likeness (QED) is 0.784. The van der Waals surface area contributed by atoms with E-state index in [2.05, 4.69) is 10.3 Å². The molecule has 1 heterocycles. The monoisotopic (exact) mass is 286 g/mol. The molecule has 0 bridgehead atoms. The Bertz CT molecular complexity index is 457. The number of amides is 1. The number of thiazole rings is 1. The summed E-state index contributed by atoms with van der Waals surface area (Å²) in [5.74, 6) is -0.417. The first-order valence-corrected chi connectivity index (χ1v) is 7.40. The van der Waals surface area contributed by atoms with Crippen molar-refractivity contribution in [1.82, 2.24) is 4.98 Å². The van der Waals surface area contributed by atoms with Crippen molar-refractivity contribution in [3.05, 3.63) is 17.2 Å². The van der Waals surface area contributed by atoms with Crippen molar-refractivity contribution in [2.75, 3.05) is 17.3 Å². The minimum Gasteiger partial charge on any atom is -0.478 e. The number of carboxylic acid groups (broad SMARTS) is 1. The van der Waals surface area contributed by atoms with Gasteiger partial charge < -0.3 is 10.4 Å². The molecule has 0 saturated carbocycles. The summed E-state index contributed by atoms with van der Waals surface area (Å²) >= 11 is 2.85. The van der Waals surface area contributed by atoms with E-state index in [0.717, 1.165) is 11.8 Å². The number of hydrogen-bond donors (Lipinski definition) is 2. The fraction of sp³-hybridized carbons (Fsp3) is 0.364. The van der Waals surface area contributed by atoms with Gasteiger partial charge in [-0.15, -0.1) is 0 Å². The highest BCUT2D eigenvalue weighted by Gasteiger charge is 2.13. The van der Waals surface area contributed by atoms with Crippen molar-refractivity contribution < 1.29 is 14.7 Å². The van der Waals surface area contributed by atoms with Crippen LogP contribution in [0.5, 0.6) is 0 Å². The van der Waals surface area contributed by atoms with Gasteiger partial charge in [0.15, 0.2) is 5.13 Å². The predicted molar refractivity (Wildman–Crippen MR) is 75.0 cm³/mol. The predicted octanol–water partition coefficient (Wildman–Crippen LogP) is 2.18. The van der Waals surface area contributed by atoms with Crippen molar-refractivity contribution in [1.29, 1.82) is 0 Å². The number of anilines is 1. The molecule has 1 rings (SSSR count). The molecule has 18 heavy (non-hydrogen) atoms. The lowest BCUT2D eigenvalue weighted by Crippen LogP contribution is -2.21. The Labute approximate surface area is 113 Å². The van der Waals surface area contributed by atoms with E-state index < -0.39 is 5.97 Å². The zero-order valence-electron chi connectivity index (χ0n) is 10.0. The van der Waals surface area contributed by atoms with Gasteiger partial charge in [-0.05, 0) is 12.3 Å². The van der Waals surface area contributed by atoms with Crippen LogP contribution in [0.25, 0.3) is 6.08 Å². The average Bonchev–Trinajstić information content (AvgIpc) is 2.74. The summed E-state index contributed by atoms with van der Waals surface area (Å²) in [6, 6.07) is 0. The number of aliphatic carboxylic acids is 1. The summed E-state index contributed by atoms with van der Waals surface area (Å²) in [6.07, 6.45) is 5.96. The number of carboxylic acids is 1. The third-order valence-electron chi connectivity index (χ3n) is 2.01. The molecule has 1 unspecified atom stereocenters. The molecule has 0 aromatic carbocycles. The number of carbonyl (C=O) groups is 2. The van der Waals surface area contributed by atoms with Gasteiger partial charge in [0.25, 0.3) is 0 Å². The Hall–Kier alpha value is -1.34. The maximum Gasteiger partial charge on any atom is 0.328 e. The third kappa shape index (κ3) is 4.89. The smallest absolute Gasteiger partial charge is 0.328 e. The number of carbonyl (C=O) groups excluding carboxylic acids is 1. The highest BCUT2D eigenvalue weighted by Crippen LogP contribution is 2.20. The van der Waals surface area contributed by atoms with Crippen LogP contribution in [0.3, 0.4) is 0 Å². The first-order valence-electron chi connectivity index (χ1n) is 5.19. The zero-order valence-corrected chi connectivity index (χ0v) is 11.7. The van der Waals surface area contributed by atoms with Crippen LogP contribution in [0.4, 0.5) is 5.13 Å². The standard InChI is InChI=1S/C11H14N2O3S2/c1-7(6-17-2)10(16)13-11-12-5-8(18-11)3-4-9(14)15/h3-5,7H,6H2,1-2H3,(H,14,15)(H,12,13,16)/b4-3+. The molecule has 0 radical (unpaired) electrons. The van der Waals surface area contributed by atoms with Gasteiger partial charge in [0.2, 0.25) is 5.91 Å². The van der Waals surface area contributed by atoms with E-state index >= 15 is 0 Å². The average molecular weight is 286 g/mol. The van der Waals surface area contributed by atoms with E-state index in [9.17, 15) is 9.59 Å². The topological polar surface area (TPSA) is 79.3 Å². The van der Waals surface area contributed by atoms with Crippen molar-refractivity contribution in [2.45, 2.75) is 6.92 Å². The number of rotatable bonds is 6. The summed E-state index contributed by atoms with van der Waals surface area (Å²) < 4.78 is 0. The molecule has 7 heteroatoms.